The summed E-state index contributed by atoms with van der Waals surface area (Å²) in [5.74, 6) is -0.215. The Balaban J connectivity index is 2.10. The molecule has 0 bridgehead atoms. The van der Waals surface area contributed by atoms with Gasteiger partial charge in [0.2, 0.25) is 0 Å². The number of hydrogen-bond donors (Lipinski definition) is 2. The highest BCUT2D eigenvalue weighted by Gasteiger charge is 2.06. The van der Waals surface area contributed by atoms with Crippen LogP contribution in [0.1, 0.15) is 34.0 Å². The molecule has 0 aliphatic heterocycles. The van der Waals surface area contributed by atoms with E-state index in [0.717, 1.165) is 22.4 Å². The van der Waals surface area contributed by atoms with Crippen LogP contribution in [0.15, 0.2) is 47.6 Å². The number of hydrazone groups is 1. The molecule has 0 fully saturated rings. The fourth-order valence-electron chi connectivity index (χ4n) is 1.87. The molecule has 0 heterocycles. The second kappa shape index (κ2) is 6.22. The Bertz CT molecular complexity index is 688. The maximum absolute atomic E-state index is 12.1. The molecular formula is C17H19N3O. The topological polar surface area (TPSA) is 67.5 Å². The fourth-order valence-corrected chi connectivity index (χ4v) is 1.87. The number of rotatable bonds is 3. The van der Waals surface area contributed by atoms with Gasteiger partial charge in [0.15, 0.2) is 0 Å². The molecule has 0 radical (unpaired) electrons. The van der Waals surface area contributed by atoms with Crippen molar-refractivity contribution in [2.24, 2.45) is 5.10 Å². The third-order valence-electron chi connectivity index (χ3n) is 3.42. The third-order valence-corrected chi connectivity index (χ3v) is 3.42. The normalized spacial score (nSPS) is 11.3. The number of nitrogens with zero attached hydrogens (tertiary/aromatic N) is 1. The summed E-state index contributed by atoms with van der Waals surface area (Å²) in [5, 5.41) is 4.13. The van der Waals surface area contributed by atoms with Crippen molar-refractivity contribution in [1.29, 1.82) is 0 Å². The van der Waals surface area contributed by atoms with Crippen molar-refractivity contribution in [1.82, 2.24) is 5.43 Å². The first kappa shape index (κ1) is 14.8. The Hall–Kier alpha value is -2.62. The van der Waals surface area contributed by atoms with Crippen molar-refractivity contribution in [3.05, 3.63) is 64.7 Å². The zero-order valence-electron chi connectivity index (χ0n) is 12.5. The molecule has 108 valence electrons. The number of anilines is 1. The molecule has 0 aliphatic carbocycles. The Labute approximate surface area is 124 Å². The Morgan fingerprint density at radius 3 is 2.24 bits per heavy atom. The molecular weight excluding hydrogens is 262 g/mol. The van der Waals surface area contributed by atoms with Gasteiger partial charge in [0.25, 0.3) is 5.91 Å². The van der Waals surface area contributed by atoms with E-state index in [2.05, 4.69) is 10.5 Å². The molecule has 2 rings (SSSR count). The van der Waals surface area contributed by atoms with E-state index in [1.165, 1.54) is 0 Å². The number of nitrogens with one attached hydrogen (secondary N) is 1. The molecule has 0 saturated heterocycles. The average molecular weight is 281 g/mol. The van der Waals surface area contributed by atoms with Gasteiger partial charge < -0.3 is 5.73 Å². The van der Waals surface area contributed by atoms with E-state index in [1.54, 1.807) is 18.2 Å². The summed E-state index contributed by atoms with van der Waals surface area (Å²) in [6.45, 7) is 5.83. The van der Waals surface area contributed by atoms with Gasteiger partial charge in [0.05, 0.1) is 5.71 Å². The summed E-state index contributed by atoms with van der Waals surface area (Å²) in [4.78, 5) is 12.1. The number of carbonyl (C=O) groups is 1. The van der Waals surface area contributed by atoms with Crippen LogP contribution in [-0.2, 0) is 0 Å². The average Bonchev–Trinajstić information content (AvgIpc) is 2.48. The minimum Gasteiger partial charge on any atom is -0.399 e. The van der Waals surface area contributed by atoms with E-state index >= 15 is 0 Å². The van der Waals surface area contributed by atoms with Crippen LogP contribution in [-0.4, -0.2) is 11.6 Å². The summed E-state index contributed by atoms with van der Waals surface area (Å²) in [7, 11) is 0. The lowest BCUT2D eigenvalue weighted by atomic mass is 10.1. The van der Waals surface area contributed by atoms with Crippen molar-refractivity contribution in [2.45, 2.75) is 20.8 Å². The Morgan fingerprint density at radius 1 is 1.00 bits per heavy atom. The standard InChI is InChI=1S/C17H19N3O/c1-11-4-5-15(10-12(11)2)17(21)20-19-13(3)14-6-8-16(18)9-7-14/h4-10H,18H2,1-3H3,(H,20,21). The zero-order chi connectivity index (χ0) is 15.4. The highest BCUT2D eigenvalue weighted by atomic mass is 16.2. The molecule has 0 aliphatic rings. The van der Waals surface area contributed by atoms with Gasteiger partial charge in [-0.3, -0.25) is 4.79 Å². The highest BCUT2D eigenvalue weighted by Crippen LogP contribution is 2.10. The lowest BCUT2D eigenvalue weighted by Gasteiger charge is -2.05. The summed E-state index contributed by atoms with van der Waals surface area (Å²) < 4.78 is 0. The van der Waals surface area contributed by atoms with Gasteiger partial charge in [-0.15, -0.1) is 0 Å². The van der Waals surface area contributed by atoms with Crippen LogP contribution >= 0.6 is 0 Å². The van der Waals surface area contributed by atoms with Gasteiger partial charge in [-0.05, 0) is 61.7 Å². The van der Waals surface area contributed by atoms with E-state index in [9.17, 15) is 4.79 Å². The van der Waals surface area contributed by atoms with Crippen LogP contribution in [0.3, 0.4) is 0 Å². The smallest absolute Gasteiger partial charge is 0.271 e. The van der Waals surface area contributed by atoms with E-state index in [4.69, 9.17) is 5.73 Å². The SMILES string of the molecule is CC(=NNC(=O)c1ccc(C)c(C)c1)c1ccc(N)cc1. The maximum Gasteiger partial charge on any atom is 0.271 e. The van der Waals surface area contributed by atoms with Crippen molar-refractivity contribution < 1.29 is 4.79 Å². The second-order valence-corrected chi connectivity index (χ2v) is 5.06. The van der Waals surface area contributed by atoms with Crippen molar-refractivity contribution in [2.75, 3.05) is 5.73 Å². The van der Waals surface area contributed by atoms with Crippen LogP contribution < -0.4 is 11.2 Å². The minimum atomic E-state index is -0.215. The summed E-state index contributed by atoms with van der Waals surface area (Å²) in [6, 6.07) is 12.9. The van der Waals surface area contributed by atoms with Crippen molar-refractivity contribution in [3.8, 4) is 0 Å². The third kappa shape index (κ3) is 3.69. The van der Waals surface area contributed by atoms with Gasteiger partial charge in [-0.1, -0.05) is 18.2 Å². The minimum absolute atomic E-state index is 0.215. The van der Waals surface area contributed by atoms with Crippen LogP contribution in [0.4, 0.5) is 5.69 Å². The quantitative estimate of drug-likeness (QED) is 0.516. The molecule has 0 atom stereocenters. The predicted octanol–water partition coefficient (Wildman–Crippen LogP) is 3.04. The van der Waals surface area contributed by atoms with E-state index in [1.807, 2.05) is 45.0 Å². The summed E-state index contributed by atoms with van der Waals surface area (Å²) in [6.07, 6.45) is 0. The van der Waals surface area contributed by atoms with E-state index < -0.39 is 0 Å². The first-order valence-electron chi connectivity index (χ1n) is 6.75. The number of nitrogen functional groups attached to an aromatic ring is 1. The summed E-state index contributed by atoms with van der Waals surface area (Å²) in [5.41, 5.74) is 13.4. The molecule has 1 amide bonds. The van der Waals surface area contributed by atoms with Crippen molar-refractivity contribution in [3.63, 3.8) is 0 Å². The summed E-state index contributed by atoms with van der Waals surface area (Å²) >= 11 is 0. The zero-order valence-corrected chi connectivity index (χ0v) is 12.5. The predicted molar refractivity (Wildman–Crippen MR) is 86.4 cm³/mol. The molecule has 0 saturated carbocycles. The molecule has 0 aromatic heterocycles. The van der Waals surface area contributed by atoms with Gasteiger partial charge in [-0.25, -0.2) is 5.43 Å². The van der Waals surface area contributed by atoms with Gasteiger partial charge >= 0.3 is 0 Å². The first-order chi connectivity index (χ1) is 9.97. The van der Waals surface area contributed by atoms with Gasteiger partial charge in [-0.2, -0.15) is 5.10 Å². The molecule has 0 spiro atoms. The van der Waals surface area contributed by atoms with Crippen LogP contribution in [0.25, 0.3) is 0 Å². The molecule has 2 aromatic carbocycles. The molecule has 4 nitrogen and oxygen atoms in total. The number of aryl methyl sites for hydroxylation is 2. The van der Waals surface area contributed by atoms with Gasteiger partial charge in [0, 0.05) is 11.3 Å². The Kier molecular flexibility index (Phi) is 4.38. The second-order valence-electron chi connectivity index (χ2n) is 5.06. The van der Waals surface area contributed by atoms with E-state index in [0.29, 0.717) is 11.3 Å². The number of hydrogen-bond acceptors (Lipinski definition) is 3. The largest absolute Gasteiger partial charge is 0.399 e. The highest BCUT2D eigenvalue weighted by molar-refractivity contribution is 6.01. The lowest BCUT2D eigenvalue weighted by Crippen LogP contribution is -2.19. The molecule has 2 aromatic rings. The molecule has 21 heavy (non-hydrogen) atoms. The number of benzene rings is 2. The number of amides is 1. The van der Waals surface area contributed by atoms with Crippen LogP contribution in [0.5, 0.6) is 0 Å². The first-order valence-corrected chi connectivity index (χ1v) is 6.75. The van der Waals surface area contributed by atoms with Crippen LogP contribution in [0.2, 0.25) is 0 Å². The van der Waals surface area contributed by atoms with Crippen molar-refractivity contribution >= 4 is 17.3 Å². The molecule has 3 N–H and O–H groups in total. The number of carbonyl (C=O) groups excluding carboxylic acids is 1. The number of nitrogens with two attached hydrogens (primary N) is 1. The van der Waals surface area contributed by atoms with E-state index in [-0.39, 0.29) is 5.91 Å². The van der Waals surface area contributed by atoms with Gasteiger partial charge in [0.1, 0.15) is 0 Å². The monoisotopic (exact) mass is 281 g/mol. The Morgan fingerprint density at radius 2 is 1.62 bits per heavy atom. The molecule has 0 unspecified atom stereocenters. The lowest BCUT2D eigenvalue weighted by molar-refractivity contribution is 0.0954. The van der Waals surface area contributed by atoms with Crippen LogP contribution in [0, 0.1) is 13.8 Å². The maximum atomic E-state index is 12.1. The molecule has 4 heteroatoms. The fraction of sp³-hybridized carbons (Fsp3) is 0.176.